The molecule has 3 heterocycles. The first kappa shape index (κ1) is 31.3. The van der Waals surface area contributed by atoms with Crippen molar-refractivity contribution in [3.05, 3.63) is 42.6 Å². The first-order valence-electron chi connectivity index (χ1n) is 15.9. The van der Waals surface area contributed by atoms with Gasteiger partial charge in [0.25, 0.3) is 5.91 Å². The van der Waals surface area contributed by atoms with E-state index in [1.807, 2.05) is 30.3 Å². The van der Waals surface area contributed by atoms with Gasteiger partial charge in [-0.15, -0.1) is 0 Å². The maximum Gasteiger partial charge on any atom is 0.259 e. The fourth-order valence-corrected chi connectivity index (χ4v) is 8.02. The van der Waals surface area contributed by atoms with E-state index in [1.165, 1.54) is 0 Å². The molecule has 1 aromatic heterocycles. The number of rotatable bonds is 6. The highest BCUT2D eigenvalue weighted by atomic mass is 32.2. The van der Waals surface area contributed by atoms with Crippen molar-refractivity contribution < 1.29 is 32.3 Å². The van der Waals surface area contributed by atoms with Crippen LogP contribution >= 0.6 is 0 Å². The molecule has 2 saturated carbocycles. The van der Waals surface area contributed by atoms with Crippen LogP contribution in [0.2, 0.25) is 0 Å². The van der Waals surface area contributed by atoms with Crippen LogP contribution in [0.5, 0.6) is 11.6 Å². The molecular weight excluding hydrogens is 596 g/mol. The number of hydrogen-bond acceptors (Lipinski definition) is 8. The van der Waals surface area contributed by atoms with Crippen LogP contribution in [0, 0.1) is 17.8 Å². The molecule has 2 aromatic rings. The van der Waals surface area contributed by atoms with E-state index in [2.05, 4.69) is 34.9 Å². The standard InChI is InChI=1S/C33H42N4O7S/c1-20-7-6-8-21(2)15-29(38)37-19-23(44-31-26-10-5-4-9-25(26)28(43-3)18-34-31)16-27(37)30(39)35-33(17-22(33)12-11-20)32(40)36-45(41,42)24-13-14-24/h4-5,9-12,18,20-24,27H,6-8,13-17,19H2,1-3H3,(H,35,39)(H,36,40)/b12-11-/t20-,21-,22-,23-,27+,33-/m1/s1. The van der Waals surface area contributed by atoms with Gasteiger partial charge in [0.15, 0.2) is 0 Å². The summed E-state index contributed by atoms with van der Waals surface area (Å²) < 4.78 is 39.5. The highest BCUT2D eigenvalue weighted by Crippen LogP contribution is 2.46. The Morgan fingerprint density at radius 3 is 2.58 bits per heavy atom. The predicted molar refractivity (Wildman–Crippen MR) is 168 cm³/mol. The number of aromatic nitrogens is 1. The minimum Gasteiger partial charge on any atom is -0.494 e. The Kier molecular flexibility index (Phi) is 8.53. The quantitative estimate of drug-likeness (QED) is 0.458. The van der Waals surface area contributed by atoms with E-state index >= 15 is 0 Å². The third-order valence-corrected chi connectivity index (χ3v) is 11.4. The van der Waals surface area contributed by atoms with Crippen molar-refractivity contribution in [2.24, 2.45) is 17.8 Å². The number of carbonyl (C=O) groups excluding carboxylic acids is 3. The van der Waals surface area contributed by atoms with E-state index < -0.39 is 44.8 Å². The van der Waals surface area contributed by atoms with Gasteiger partial charge in [-0.1, -0.05) is 57.0 Å². The second kappa shape index (κ2) is 12.3. The smallest absolute Gasteiger partial charge is 0.259 e. The number of pyridine rings is 1. The Bertz CT molecular complexity index is 1620. The summed E-state index contributed by atoms with van der Waals surface area (Å²) in [4.78, 5) is 47.3. The van der Waals surface area contributed by atoms with Gasteiger partial charge in [-0.25, -0.2) is 13.4 Å². The maximum absolute atomic E-state index is 14.0. The molecule has 45 heavy (non-hydrogen) atoms. The summed E-state index contributed by atoms with van der Waals surface area (Å²) in [5.74, 6) is -0.354. The molecule has 0 bridgehead atoms. The minimum absolute atomic E-state index is 0.132. The highest BCUT2D eigenvalue weighted by Gasteiger charge is 2.62. The second-order valence-electron chi connectivity index (χ2n) is 13.3. The van der Waals surface area contributed by atoms with Gasteiger partial charge in [0.1, 0.15) is 23.4 Å². The number of fused-ring (bicyclic) bond motifs is 3. The van der Waals surface area contributed by atoms with Crippen molar-refractivity contribution >= 4 is 38.5 Å². The number of hydrogen-bond donors (Lipinski definition) is 2. The molecule has 2 aliphatic carbocycles. The van der Waals surface area contributed by atoms with E-state index in [1.54, 1.807) is 18.2 Å². The highest BCUT2D eigenvalue weighted by molar-refractivity contribution is 7.91. The zero-order chi connectivity index (χ0) is 31.9. The number of ether oxygens (including phenoxy) is 2. The SMILES string of the molecule is COc1cnc(O[C@@H]2C[C@H]3C(=O)N[C@]4(C(=O)NS(=O)(=O)C5CC5)C[C@H]4/C=C\[C@H](C)CCC[C@@H](C)CC(=O)N3C2)c2ccccc12. The molecular formula is C33H42N4O7S. The summed E-state index contributed by atoms with van der Waals surface area (Å²) >= 11 is 0. The molecule has 0 spiro atoms. The number of sulfonamides is 1. The topological polar surface area (TPSA) is 144 Å². The van der Waals surface area contributed by atoms with Crippen LogP contribution in [-0.4, -0.2) is 72.6 Å². The van der Waals surface area contributed by atoms with Gasteiger partial charge >= 0.3 is 0 Å². The van der Waals surface area contributed by atoms with Gasteiger partial charge in [-0.05, 0) is 43.6 Å². The molecule has 1 saturated heterocycles. The maximum atomic E-state index is 14.0. The zero-order valence-electron chi connectivity index (χ0n) is 26.0. The van der Waals surface area contributed by atoms with E-state index in [4.69, 9.17) is 9.47 Å². The average Bonchev–Trinajstić information content (AvgIpc) is 3.93. The van der Waals surface area contributed by atoms with Crippen molar-refractivity contribution in [3.63, 3.8) is 0 Å². The first-order valence-corrected chi connectivity index (χ1v) is 17.5. The molecule has 12 heteroatoms. The molecule has 0 radical (unpaired) electrons. The number of methoxy groups -OCH3 is 1. The Labute approximate surface area is 264 Å². The molecule has 6 rings (SSSR count). The van der Waals surface area contributed by atoms with Gasteiger partial charge in [-0.3, -0.25) is 19.1 Å². The average molecular weight is 639 g/mol. The van der Waals surface area contributed by atoms with Crippen molar-refractivity contribution in [2.75, 3.05) is 13.7 Å². The van der Waals surface area contributed by atoms with Crippen molar-refractivity contribution in [3.8, 4) is 11.6 Å². The van der Waals surface area contributed by atoms with E-state index in [9.17, 15) is 22.8 Å². The molecule has 3 amide bonds. The normalized spacial score (nSPS) is 31.5. The molecule has 4 aliphatic rings. The van der Waals surface area contributed by atoms with Crippen molar-refractivity contribution in [2.45, 2.75) is 88.1 Å². The fraction of sp³-hybridized carbons (Fsp3) is 0.576. The number of nitrogens with one attached hydrogen (secondary N) is 2. The van der Waals surface area contributed by atoms with Gasteiger partial charge in [0.05, 0.1) is 25.1 Å². The monoisotopic (exact) mass is 638 g/mol. The molecule has 1 aromatic carbocycles. The number of amides is 3. The first-order chi connectivity index (χ1) is 21.5. The summed E-state index contributed by atoms with van der Waals surface area (Å²) in [6, 6.07) is 6.68. The van der Waals surface area contributed by atoms with Crippen molar-refractivity contribution in [1.82, 2.24) is 19.9 Å². The summed E-state index contributed by atoms with van der Waals surface area (Å²) in [7, 11) is -2.24. The van der Waals surface area contributed by atoms with Gasteiger partial charge in [-0.2, -0.15) is 0 Å². The van der Waals surface area contributed by atoms with Crippen LogP contribution in [0.4, 0.5) is 0 Å². The molecule has 242 valence electrons. The molecule has 2 N–H and O–H groups in total. The summed E-state index contributed by atoms with van der Waals surface area (Å²) in [6.07, 6.45) is 9.59. The lowest BCUT2D eigenvalue weighted by Gasteiger charge is -2.27. The van der Waals surface area contributed by atoms with Crippen LogP contribution in [0.15, 0.2) is 42.6 Å². The third kappa shape index (κ3) is 6.52. The number of carbonyl (C=O) groups is 3. The molecule has 6 atom stereocenters. The fourth-order valence-electron chi connectivity index (χ4n) is 6.65. The Hall–Kier alpha value is -3.67. The lowest BCUT2D eigenvalue weighted by molar-refractivity contribution is -0.140. The number of benzene rings is 1. The molecule has 11 nitrogen and oxygen atoms in total. The van der Waals surface area contributed by atoms with Crippen LogP contribution < -0.4 is 19.5 Å². The molecule has 0 unspecified atom stereocenters. The van der Waals surface area contributed by atoms with E-state index in [0.29, 0.717) is 30.9 Å². The Balaban J connectivity index is 1.28. The second-order valence-corrected chi connectivity index (χ2v) is 15.2. The Morgan fingerprint density at radius 1 is 1.09 bits per heavy atom. The van der Waals surface area contributed by atoms with E-state index in [0.717, 1.165) is 30.0 Å². The zero-order valence-corrected chi connectivity index (χ0v) is 26.8. The van der Waals surface area contributed by atoms with Crippen LogP contribution in [0.3, 0.4) is 0 Å². The lowest BCUT2D eigenvalue weighted by atomic mass is 9.95. The molecule has 3 fully saturated rings. The van der Waals surface area contributed by atoms with Gasteiger partial charge in [0, 0.05) is 29.5 Å². The largest absolute Gasteiger partial charge is 0.494 e. The van der Waals surface area contributed by atoms with Gasteiger partial charge in [0.2, 0.25) is 27.7 Å². The number of nitrogens with zero attached hydrogens (tertiary/aromatic N) is 2. The predicted octanol–water partition coefficient (Wildman–Crippen LogP) is 3.48. The Morgan fingerprint density at radius 2 is 1.84 bits per heavy atom. The lowest BCUT2D eigenvalue weighted by Crippen LogP contribution is -2.56. The van der Waals surface area contributed by atoms with E-state index in [-0.39, 0.29) is 43.0 Å². The van der Waals surface area contributed by atoms with Crippen LogP contribution in [0.1, 0.15) is 65.2 Å². The van der Waals surface area contributed by atoms with Gasteiger partial charge < -0.3 is 19.7 Å². The summed E-state index contributed by atoms with van der Waals surface area (Å²) in [5.41, 5.74) is -1.40. The van der Waals surface area contributed by atoms with Crippen molar-refractivity contribution in [1.29, 1.82) is 0 Å². The number of allylic oxidation sites excluding steroid dienone is 1. The van der Waals surface area contributed by atoms with Crippen LogP contribution in [0.25, 0.3) is 10.8 Å². The summed E-state index contributed by atoms with van der Waals surface area (Å²) in [5, 5.41) is 3.92. The van der Waals surface area contributed by atoms with Crippen LogP contribution in [-0.2, 0) is 24.4 Å². The molecule has 2 aliphatic heterocycles. The minimum atomic E-state index is -3.82. The summed E-state index contributed by atoms with van der Waals surface area (Å²) in [6.45, 7) is 4.33. The third-order valence-electron chi connectivity index (χ3n) is 9.62.